The number of hydrogen-bond acceptors (Lipinski definition) is 4. The van der Waals surface area contributed by atoms with Gasteiger partial charge in [0.2, 0.25) is 0 Å². The molecular formula is C15H23NO3. The first-order chi connectivity index (χ1) is 9.13. The predicted octanol–water partition coefficient (Wildman–Crippen LogP) is 3.84. The number of aromatic nitrogens is 1. The van der Waals surface area contributed by atoms with Crippen molar-refractivity contribution in [2.24, 2.45) is 5.92 Å². The van der Waals surface area contributed by atoms with Gasteiger partial charge >= 0.3 is 5.97 Å². The first-order valence-corrected chi connectivity index (χ1v) is 7.18. The summed E-state index contributed by atoms with van der Waals surface area (Å²) >= 11 is 0. The molecule has 106 valence electrons. The van der Waals surface area contributed by atoms with E-state index in [-0.39, 0.29) is 5.97 Å². The fourth-order valence-corrected chi connectivity index (χ4v) is 2.99. The molecule has 1 heterocycles. The topological polar surface area (TPSA) is 52.3 Å². The van der Waals surface area contributed by atoms with Crippen LogP contribution in [-0.4, -0.2) is 18.2 Å². The lowest BCUT2D eigenvalue weighted by Gasteiger charge is -2.21. The van der Waals surface area contributed by atoms with Gasteiger partial charge in [0, 0.05) is 5.92 Å². The van der Waals surface area contributed by atoms with Gasteiger partial charge in [0.1, 0.15) is 5.56 Å². The highest BCUT2D eigenvalue weighted by Crippen LogP contribution is 2.35. The van der Waals surface area contributed by atoms with Crippen molar-refractivity contribution in [2.75, 3.05) is 7.11 Å². The molecule has 1 aliphatic carbocycles. The summed E-state index contributed by atoms with van der Waals surface area (Å²) in [4.78, 5) is 11.8. The molecule has 19 heavy (non-hydrogen) atoms. The Balaban J connectivity index is 2.18. The molecule has 0 atom stereocenters. The van der Waals surface area contributed by atoms with E-state index >= 15 is 0 Å². The van der Waals surface area contributed by atoms with Crippen molar-refractivity contribution in [3.05, 3.63) is 17.0 Å². The zero-order valence-electron chi connectivity index (χ0n) is 12.1. The van der Waals surface area contributed by atoms with E-state index in [1.807, 2.05) is 0 Å². The molecule has 0 unspecified atom stereocenters. The van der Waals surface area contributed by atoms with Crippen LogP contribution in [0.4, 0.5) is 0 Å². The first-order valence-electron chi connectivity index (χ1n) is 7.18. The molecule has 0 amide bonds. The minimum Gasteiger partial charge on any atom is -0.465 e. The summed E-state index contributed by atoms with van der Waals surface area (Å²) in [6, 6.07) is 0. The van der Waals surface area contributed by atoms with Crippen molar-refractivity contribution in [3.8, 4) is 0 Å². The zero-order chi connectivity index (χ0) is 13.8. The van der Waals surface area contributed by atoms with Crippen LogP contribution in [0.5, 0.6) is 0 Å². The molecule has 0 aliphatic heterocycles. The Bertz CT molecular complexity index is 429. The van der Waals surface area contributed by atoms with Crippen LogP contribution in [0.25, 0.3) is 0 Å². The molecule has 0 N–H and O–H groups in total. The van der Waals surface area contributed by atoms with Gasteiger partial charge in [-0.1, -0.05) is 37.8 Å². The quantitative estimate of drug-likeness (QED) is 0.762. The number of methoxy groups -OCH3 is 1. The Morgan fingerprint density at radius 2 is 1.89 bits per heavy atom. The molecule has 0 bridgehead atoms. The standard InChI is InChI=1S/C15H23NO3/c1-10-6-4-8-12(9-5-7-10)14-13(15(17)18-3)11(2)16-19-14/h10,12H,4-9H2,1-3H3. The summed E-state index contributed by atoms with van der Waals surface area (Å²) in [5.74, 6) is 1.53. The summed E-state index contributed by atoms with van der Waals surface area (Å²) in [5.41, 5.74) is 1.18. The maximum absolute atomic E-state index is 11.8. The van der Waals surface area contributed by atoms with E-state index in [9.17, 15) is 4.79 Å². The Morgan fingerprint density at radius 1 is 1.26 bits per heavy atom. The predicted molar refractivity (Wildman–Crippen MR) is 72.2 cm³/mol. The molecule has 2 rings (SSSR count). The van der Waals surface area contributed by atoms with E-state index in [2.05, 4.69) is 12.1 Å². The van der Waals surface area contributed by atoms with E-state index in [4.69, 9.17) is 9.26 Å². The van der Waals surface area contributed by atoms with Crippen molar-refractivity contribution < 1.29 is 14.1 Å². The highest BCUT2D eigenvalue weighted by molar-refractivity contribution is 5.91. The van der Waals surface area contributed by atoms with Crippen molar-refractivity contribution in [2.45, 2.75) is 58.3 Å². The molecule has 4 heteroatoms. The monoisotopic (exact) mass is 265 g/mol. The van der Waals surface area contributed by atoms with E-state index in [1.54, 1.807) is 6.92 Å². The van der Waals surface area contributed by atoms with Gasteiger partial charge in [-0.3, -0.25) is 0 Å². The fraction of sp³-hybridized carbons (Fsp3) is 0.733. The molecular weight excluding hydrogens is 242 g/mol. The largest absolute Gasteiger partial charge is 0.465 e. The SMILES string of the molecule is COC(=O)c1c(C)noc1C1CCCC(C)CCC1. The van der Waals surface area contributed by atoms with Crippen molar-refractivity contribution in [1.29, 1.82) is 0 Å². The van der Waals surface area contributed by atoms with Crippen molar-refractivity contribution >= 4 is 5.97 Å². The Kier molecular flexibility index (Phi) is 4.61. The normalized spacial score (nSPS) is 24.6. The third kappa shape index (κ3) is 3.17. The van der Waals surface area contributed by atoms with Crippen LogP contribution in [0.15, 0.2) is 4.52 Å². The molecule has 0 radical (unpaired) electrons. The van der Waals surface area contributed by atoms with Crippen molar-refractivity contribution in [3.63, 3.8) is 0 Å². The van der Waals surface area contributed by atoms with E-state index < -0.39 is 0 Å². The van der Waals surface area contributed by atoms with Gasteiger partial charge < -0.3 is 9.26 Å². The molecule has 0 spiro atoms. The van der Waals surface area contributed by atoms with Gasteiger partial charge in [0.05, 0.1) is 12.8 Å². The van der Waals surface area contributed by atoms with Gasteiger partial charge in [-0.2, -0.15) is 0 Å². The summed E-state index contributed by atoms with van der Waals surface area (Å²) in [6.07, 6.45) is 7.04. The Hall–Kier alpha value is -1.32. The number of esters is 1. The van der Waals surface area contributed by atoms with E-state index in [1.165, 1.54) is 32.8 Å². The van der Waals surface area contributed by atoms with Gasteiger partial charge in [0.15, 0.2) is 5.76 Å². The lowest BCUT2D eigenvalue weighted by atomic mass is 9.84. The number of carbonyl (C=O) groups excluding carboxylic acids is 1. The first kappa shape index (κ1) is 14.1. The maximum atomic E-state index is 11.8. The fourth-order valence-electron chi connectivity index (χ4n) is 2.99. The van der Waals surface area contributed by atoms with Gasteiger partial charge in [-0.15, -0.1) is 0 Å². The lowest BCUT2D eigenvalue weighted by Crippen LogP contribution is -2.11. The second-order valence-electron chi connectivity index (χ2n) is 5.66. The average molecular weight is 265 g/mol. The Labute approximate surface area is 114 Å². The van der Waals surface area contributed by atoms with Crippen LogP contribution in [0.1, 0.15) is 73.2 Å². The van der Waals surface area contributed by atoms with Crippen LogP contribution in [0, 0.1) is 12.8 Å². The van der Waals surface area contributed by atoms with Gasteiger partial charge in [0.25, 0.3) is 0 Å². The number of ether oxygens (including phenoxy) is 1. The van der Waals surface area contributed by atoms with Gasteiger partial charge in [-0.25, -0.2) is 4.79 Å². The molecule has 4 nitrogen and oxygen atoms in total. The highest BCUT2D eigenvalue weighted by atomic mass is 16.5. The maximum Gasteiger partial charge on any atom is 0.343 e. The van der Waals surface area contributed by atoms with E-state index in [0.717, 1.165) is 24.5 Å². The van der Waals surface area contributed by atoms with Crippen LogP contribution in [0.3, 0.4) is 0 Å². The van der Waals surface area contributed by atoms with Gasteiger partial charge in [-0.05, 0) is 25.7 Å². The third-order valence-corrected chi connectivity index (χ3v) is 4.15. The summed E-state index contributed by atoms with van der Waals surface area (Å²) in [5, 5.41) is 3.95. The molecule has 1 aromatic heterocycles. The summed E-state index contributed by atoms with van der Waals surface area (Å²) in [7, 11) is 1.40. The molecule has 0 aromatic carbocycles. The van der Waals surface area contributed by atoms with Crippen LogP contribution < -0.4 is 0 Å². The minimum absolute atomic E-state index is 0.308. The number of nitrogens with zero attached hydrogens (tertiary/aromatic N) is 1. The third-order valence-electron chi connectivity index (χ3n) is 4.15. The average Bonchev–Trinajstić information content (AvgIpc) is 2.74. The van der Waals surface area contributed by atoms with E-state index in [0.29, 0.717) is 17.2 Å². The van der Waals surface area contributed by atoms with Crippen molar-refractivity contribution in [1.82, 2.24) is 5.16 Å². The molecule has 1 fully saturated rings. The Morgan fingerprint density at radius 3 is 2.47 bits per heavy atom. The number of aryl methyl sites for hydroxylation is 1. The van der Waals surface area contributed by atoms with Crippen LogP contribution in [0.2, 0.25) is 0 Å². The second kappa shape index (κ2) is 6.22. The number of rotatable bonds is 2. The highest BCUT2D eigenvalue weighted by Gasteiger charge is 2.28. The summed E-state index contributed by atoms with van der Waals surface area (Å²) < 4.78 is 10.3. The molecule has 1 aliphatic rings. The van der Waals surface area contributed by atoms with Crippen LogP contribution >= 0.6 is 0 Å². The minimum atomic E-state index is -0.329. The number of carbonyl (C=O) groups is 1. The summed E-state index contributed by atoms with van der Waals surface area (Å²) in [6.45, 7) is 4.11. The molecule has 1 saturated carbocycles. The molecule has 0 saturated heterocycles. The second-order valence-corrected chi connectivity index (χ2v) is 5.66. The lowest BCUT2D eigenvalue weighted by molar-refractivity contribution is 0.0596. The van der Waals surface area contributed by atoms with Crippen LogP contribution in [-0.2, 0) is 4.74 Å². The number of hydrogen-bond donors (Lipinski definition) is 0. The molecule has 1 aromatic rings. The smallest absolute Gasteiger partial charge is 0.343 e. The zero-order valence-corrected chi connectivity index (χ0v) is 12.1.